The first-order valence-electron chi connectivity index (χ1n) is 13.8. The van der Waals surface area contributed by atoms with Crippen molar-refractivity contribution >= 4 is 23.2 Å². The summed E-state index contributed by atoms with van der Waals surface area (Å²) < 4.78 is 0. The second-order valence-electron chi connectivity index (χ2n) is 11.6. The number of carbonyl (C=O) groups excluding carboxylic acids is 2. The Hall–Kier alpha value is -2.96. The fourth-order valence-corrected chi connectivity index (χ4v) is 6.64. The molecule has 0 saturated carbocycles. The lowest BCUT2D eigenvalue weighted by Crippen LogP contribution is -2.45. The van der Waals surface area contributed by atoms with E-state index >= 15 is 0 Å². The first-order valence-corrected chi connectivity index (χ1v) is 14.6. The summed E-state index contributed by atoms with van der Waals surface area (Å²) in [7, 11) is 0. The van der Waals surface area contributed by atoms with Gasteiger partial charge in [0.25, 0.3) is 5.91 Å². The number of amides is 2. The molecular formula is C32H39N3O2S. The number of thiophene rings is 1. The van der Waals surface area contributed by atoms with E-state index in [0.717, 1.165) is 24.9 Å². The van der Waals surface area contributed by atoms with Crippen LogP contribution in [0.2, 0.25) is 0 Å². The highest BCUT2D eigenvalue weighted by atomic mass is 32.1. The number of rotatable bonds is 4. The number of nitrogens with zero attached hydrogens (tertiary/aromatic N) is 3. The van der Waals surface area contributed by atoms with Crippen molar-refractivity contribution in [1.82, 2.24) is 14.7 Å². The zero-order valence-corrected chi connectivity index (χ0v) is 23.9. The maximum atomic E-state index is 13.6. The molecule has 5 nitrogen and oxygen atoms in total. The van der Waals surface area contributed by atoms with E-state index in [1.807, 2.05) is 33.3 Å². The molecule has 1 saturated heterocycles. The predicted octanol–water partition coefficient (Wildman–Crippen LogP) is 5.68. The molecule has 2 amide bonds. The third kappa shape index (κ3) is 5.57. The van der Waals surface area contributed by atoms with Gasteiger partial charge in [-0.15, -0.1) is 11.3 Å². The number of carbonyl (C=O) groups is 2. The quantitative estimate of drug-likeness (QED) is 0.437. The summed E-state index contributed by atoms with van der Waals surface area (Å²) in [6.45, 7) is 12.5. The van der Waals surface area contributed by atoms with Gasteiger partial charge in [-0.1, -0.05) is 57.2 Å². The molecular weight excluding hydrogens is 490 g/mol. The summed E-state index contributed by atoms with van der Waals surface area (Å²) in [5.74, 6) is 0.214. The van der Waals surface area contributed by atoms with Crippen LogP contribution in [0.3, 0.4) is 0 Å². The van der Waals surface area contributed by atoms with Crippen LogP contribution in [0.5, 0.6) is 0 Å². The maximum absolute atomic E-state index is 13.6. The fraction of sp³-hybridized carbons (Fsp3) is 0.438. The molecule has 0 spiro atoms. The molecule has 3 heterocycles. The lowest BCUT2D eigenvalue weighted by atomic mass is 9.86. The number of fused-ring (bicyclic) bond motifs is 1. The van der Waals surface area contributed by atoms with E-state index in [1.54, 1.807) is 0 Å². The topological polar surface area (TPSA) is 43.9 Å². The molecule has 2 aromatic carbocycles. The van der Waals surface area contributed by atoms with Crippen LogP contribution in [0.1, 0.15) is 70.7 Å². The van der Waals surface area contributed by atoms with Crippen LogP contribution in [-0.4, -0.2) is 65.8 Å². The molecule has 0 aliphatic carbocycles. The molecule has 0 bridgehead atoms. The molecule has 2 aliphatic heterocycles. The lowest BCUT2D eigenvalue weighted by Gasteiger charge is -2.37. The Bertz CT molecular complexity index is 1290. The van der Waals surface area contributed by atoms with Crippen molar-refractivity contribution in [2.24, 2.45) is 0 Å². The van der Waals surface area contributed by atoms with E-state index in [1.165, 1.54) is 27.1 Å². The number of hydrogen-bond donors (Lipinski definition) is 0. The second kappa shape index (κ2) is 11.0. The van der Waals surface area contributed by atoms with Crippen molar-refractivity contribution in [3.63, 3.8) is 0 Å². The first-order chi connectivity index (χ1) is 18.2. The van der Waals surface area contributed by atoms with Gasteiger partial charge in [-0.05, 0) is 71.0 Å². The van der Waals surface area contributed by atoms with Crippen LogP contribution >= 0.6 is 11.3 Å². The zero-order chi connectivity index (χ0) is 26.9. The van der Waals surface area contributed by atoms with Crippen molar-refractivity contribution in [3.05, 3.63) is 92.7 Å². The Morgan fingerprint density at radius 2 is 1.58 bits per heavy atom. The molecule has 200 valence electrons. The highest BCUT2D eigenvalue weighted by molar-refractivity contribution is 7.10. The average molecular weight is 530 g/mol. The van der Waals surface area contributed by atoms with Crippen LogP contribution < -0.4 is 0 Å². The van der Waals surface area contributed by atoms with Gasteiger partial charge < -0.3 is 9.80 Å². The van der Waals surface area contributed by atoms with E-state index in [-0.39, 0.29) is 23.3 Å². The van der Waals surface area contributed by atoms with Gasteiger partial charge in [0.1, 0.15) is 0 Å². The molecule has 1 atom stereocenters. The minimum Gasteiger partial charge on any atom is -0.340 e. The summed E-state index contributed by atoms with van der Waals surface area (Å²) in [4.78, 5) is 34.5. The standard InChI is InChI=1S/C32H39N3O2S/c1-23-8-5-6-9-26(23)30-27-15-21-38-28(27)14-18-35(30)22-29(36)33-16-7-17-34(20-19-33)31(37)24-10-12-25(13-11-24)32(2,3)4/h5-6,8-13,15,21,30H,7,14,16-20,22H2,1-4H3. The zero-order valence-electron chi connectivity index (χ0n) is 23.1. The van der Waals surface area contributed by atoms with Crippen LogP contribution in [0.15, 0.2) is 60.0 Å². The fourth-order valence-electron chi connectivity index (χ4n) is 5.74. The van der Waals surface area contributed by atoms with Gasteiger partial charge in [-0.2, -0.15) is 0 Å². The van der Waals surface area contributed by atoms with Crippen LogP contribution in [0.25, 0.3) is 0 Å². The van der Waals surface area contributed by atoms with Gasteiger partial charge in [0.2, 0.25) is 5.91 Å². The number of benzene rings is 2. The summed E-state index contributed by atoms with van der Waals surface area (Å²) >= 11 is 1.82. The van der Waals surface area contributed by atoms with Crippen molar-refractivity contribution in [2.75, 3.05) is 39.3 Å². The van der Waals surface area contributed by atoms with E-state index in [4.69, 9.17) is 0 Å². The molecule has 5 rings (SSSR count). The molecule has 6 heteroatoms. The van der Waals surface area contributed by atoms with E-state index in [2.05, 4.69) is 80.4 Å². The largest absolute Gasteiger partial charge is 0.340 e. The monoisotopic (exact) mass is 529 g/mol. The molecule has 1 fully saturated rings. The highest BCUT2D eigenvalue weighted by Crippen LogP contribution is 2.38. The summed E-state index contributed by atoms with van der Waals surface area (Å²) in [6.07, 6.45) is 1.78. The summed E-state index contributed by atoms with van der Waals surface area (Å²) in [5.41, 5.74) is 5.88. The average Bonchev–Trinajstić information content (AvgIpc) is 3.24. The van der Waals surface area contributed by atoms with Crippen molar-refractivity contribution < 1.29 is 9.59 Å². The van der Waals surface area contributed by atoms with Crippen molar-refractivity contribution in [1.29, 1.82) is 0 Å². The van der Waals surface area contributed by atoms with E-state index in [9.17, 15) is 9.59 Å². The van der Waals surface area contributed by atoms with Gasteiger partial charge in [-0.3, -0.25) is 14.5 Å². The van der Waals surface area contributed by atoms with Crippen LogP contribution in [0.4, 0.5) is 0 Å². The molecule has 0 radical (unpaired) electrons. The third-order valence-corrected chi connectivity index (χ3v) is 9.02. The molecule has 1 unspecified atom stereocenters. The van der Waals surface area contributed by atoms with E-state index < -0.39 is 0 Å². The predicted molar refractivity (Wildman–Crippen MR) is 155 cm³/mol. The SMILES string of the molecule is Cc1ccccc1C1c2ccsc2CCN1CC(=O)N1CCCN(C(=O)c2ccc(C(C)(C)C)cc2)CC1. The van der Waals surface area contributed by atoms with Crippen LogP contribution in [0, 0.1) is 6.92 Å². The number of aryl methyl sites for hydroxylation is 1. The van der Waals surface area contributed by atoms with Crippen LogP contribution in [-0.2, 0) is 16.6 Å². The Kier molecular flexibility index (Phi) is 7.73. The molecule has 1 aromatic heterocycles. The minimum absolute atomic E-state index is 0.0559. The lowest BCUT2D eigenvalue weighted by molar-refractivity contribution is -0.132. The molecule has 38 heavy (non-hydrogen) atoms. The minimum atomic E-state index is 0.0559. The molecule has 0 N–H and O–H groups in total. The Labute approximate surface area is 231 Å². The third-order valence-electron chi connectivity index (χ3n) is 8.02. The molecule has 3 aromatic rings. The van der Waals surface area contributed by atoms with Crippen molar-refractivity contribution in [2.45, 2.75) is 52.0 Å². The van der Waals surface area contributed by atoms with Gasteiger partial charge in [0.15, 0.2) is 0 Å². The van der Waals surface area contributed by atoms with E-state index in [0.29, 0.717) is 32.7 Å². The molecule has 2 aliphatic rings. The second-order valence-corrected chi connectivity index (χ2v) is 12.6. The van der Waals surface area contributed by atoms with Gasteiger partial charge in [0.05, 0.1) is 12.6 Å². The van der Waals surface area contributed by atoms with Crippen molar-refractivity contribution in [3.8, 4) is 0 Å². The summed E-state index contributed by atoms with van der Waals surface area (Å²) in [6, 6.07) is 18.9. The summed E-state index contributed by atoms with van der Waals surface area (Å²) in [5, 5.41) is 2.18. The highest BCUT2D eigenvalue weighted by Gasteiger charge is 2.33. The smallest absolute Gasteiger partial charge is 0.253 e. The normalized spacial score (nSPS) is 18.7. The first kappa shape index (κ1) is 26.6. The van der Waals surface area contributed by atoms with Gasteiger partial charge >= 0.3 is 0 Å². The Morgan fingerprint density at radius 1 is 0.868 bits per heavy atom. The maximum Gasteiger partial charge on any atom is 0.253 e. The number of hydrogen-bond acceptors (Lipinski definition) is 4. The Morgan fingerprint density at radius 3 is 2.32 bits per heavy atom. The van der Waals surface area contributed by atoms with Gasteiger partial charge in [0, 0.05) is 43.2 Å². The van der Waals surface area contributed by atoms with Gasteiger partial charge in [-0.25, -0.2) is 0 Å². The Balaban J connectivity index is 1.25.